The number of fused-ring (bicyclic) bond motifs is 1. The molecule has 0 saturated heterocycles. The van der Waals surface area contributed by atoms with Crippen LogP contribution in [0.1, 0.15) is 56.3 Å². The maximum atomic E-state index is 12.8. The van der Waals surface area contributed by atoms with Crippen LogP contribution in [0.4, 0.5) is 13.2 Å². The molecule has 2 unspecified atom stereocenters. The smallest absolute Gasteiger partial charge is 0.475 e. The van der Waals surface area contributed by atoms with Crippen molar-refractivity contribution in [2.45, 2.75) is 64.2 Å². The molecule has 0 aliphatic heterocycles. The summed E-state index contributed by atoms with van der Waals surface area (Å²) in [6, 6.07) is 5.36. The van der Waals surface area contributed by atoms with Crippen molar-refractivity contribution in [3.05, 3.63) is 23.8 Å². The first-order valence-electron chi connectivity index (χ1n) is 10.2. The van der Waals surface area contributed by atoms with Crippen LogP contribution in [-0.4, -0.2) is 50.7 Å². The van der Waals surface area contributed by atoms with Crippen molar-refractivity contribution < 1.29 is 27.9 Å². The molecule has 1 aliphatic rings. The lowest BCUT2D eigenvalue weighted by atomic mass is 9.78. The Bertz CT molecular complexity index is 878. The van der Waals surface area contributed by atoms with Crippen LogP contribution >= 0.6 is 0 Å². The normalized spacial score (nSPS) is 17.0. The molecule has 31 heavy (non-hydrogen) atoms. The fourth-order valence-corrected chi connectivity index (χ4v) is 3.65. The number of hydrogen-bond acceptors (Lipinski definition) is 5. The number of H-pyrrole nitrogens is 1. The molecule has 8 nitrogen and oxygen atoms in total. The van der Waals surface area contributed by atoms with Gasteiger partial charge in [-0.1, -0.05) is 33.1 Å². The van der Waals surface area contributed by atoms with Crippen molar-refractivity contribution in [1.82, 2.24) is 20.7 Å². The van der Waals surface area contributed by atoms with Crippen LogP contribution < -0.4 is 11.1 Å². The highest BCUT2D eigenvalue weighted by atomic mass is 19.4. The van der Waals surface area contributed by atoms with Gasteiger partial charge < -0.3 is 16.2 Å². The van der Waals surface area contributed by atoms with E-state index in [1.165, 1.54) is 19.3 Å². The van der Waals surface area contributed by atoms with Gasteiger partial charge in [0.05, 0.1) is 0 Å². The number of carbonyl (C=O) groups is 2. The molecule has 1 heterocycles. The van der Waals surface area contributed by atoms with E-state index in [0.29, 0.717) is 22.9 Å². The Labute approximate surface area is 177 Å². The standard InChI is InChI=1S/C18H27N5O.C2HF3O2/c1-11(2)16(19)17(12-6-4-3-5-7-12)20-18(24)13-8-9-14-15(10-13)22-23-21-14;3-2(4,5)1(6)7/h8-12,16-17H,3-7,19H2,1-2H3,(H,20,24)(H,21,22,23);(H,6,7). The number of alkyl halides is 3. The van der Waals surface area contributed by atoms with Gasteiger partial charge in [-0.2, -0.15) is 28.6 Å². The average molecular weight is 443 g/mol. The Kier molecular flexibility index (Phi) is 8.37. The van der Waals surface area contributed by atoms with E-state index in [1.54, 1.807) is 12.1 Å². The molecule has 3 rings (SSSR count). The SMILES string of the molecule is CC(C)C(N)C(NC(=O)c1ccc2n[nH]nc2c1)C1CCCCC1.O=C(O)C(F)(F)F. The summed E-state index contributed by atoms with van der Waals surface area (Å²) in [5.41, 5.74) is 8.51. The summed E-state index contributed by atoms with van der Waals surface area (Å²) in [6.07, 6.45) is 0.956. The number of nitrogens with one attached hydrogen (secondary N) is 2. The second kappa shape index (κ2) is 10.6. The number of amides is 1. The molecule has 172 valence electrons. The van der Waals surface area contributed by atoms with Crippen molar-refractivity contribution in [1.29, 1.82) is 0 Å². The average Bonchev–Trinajstić information content (AvgIpc) is 3.19. The summed E-state index contributed by atoms with van der Waals surface area (Å²) < 4.78 is 31.7. The number of carboxylic acids is 1. The van der Waals surface area contributed by atoms with E-state index >= 15 is 0 Å². The van der Waals surface area contributed by atoms with Crippen LogP contribution in [0.2, 0.25) is 0 Å². The van der Waals surface area contributed by atoms with Crippen molar-refractivity contribution in [2.24, 2.45) is 17.6 Å². The zero-order valence-electron chi connectivity index (χ0n) is 17.4. The van der Waals surface area contributed by atoms with Gasteiger partial charge in [-0.15, -0.1) is 0 Å². The monoisotopic (exact) mass is 443 g/mol. The van der Waals surface area contributed by atoms with Gasteiger partial charge in [0.25, 0.3) is 5.91 Å². The number of aromatic nitrogens is 3. The van der Waals surface area contributed by atoms with E-state index in [4.69, 9.17) is 15.6 Å². The maximum absolute atomic E-state index is 12.8. The molecule has 0 radical (unpaired) electrons. The Morgan fingerprint density at radius 2 is 1.74 bits per heavy atom. The Morgan fingerprint density at radius 3 is 2.29 bits per heavy atom. The van der Waals surface area contributed by atoms with Crippen molar-refractivity contribution in [2.75, 3.05) is 0 Å². The second-order valence-corrected chi connectivity index (χ2v) is 8.05. The van der Waals surface area contributed by atoms with Crippen LogP contribution in [-0.2, 0) is 4.79 Å². The van der Waals surface area contributed by atoms with Gasteiger partial charge in [-0.25, -0.2) is 4.79 Å². The molecule has 11 heteroatoms. The number of hydrogen-bond donors (Lipinski definition) is 4. The van der Waals surface area contributed by atoms with Gasteiger partial charge in [0.2, 0.25) is 0 Å². The van der Waals surface area contributed by atoms with Crippen LogP contribution in [0.25, 0.3) is 11.0 Å². The third kappa shape index (κ3) is 6.91. The van der Waals surface area contributed by atoms with Gasteiger partial charge in [0.15, 0.2) is 0 Å². The number of rotatable bonds is 5. The molecule has 1 aromatic heterocycles. The highest BCUT2D eigenvalue weighted by Gasteiger charge is 2.38. The number of halogens is 3. The first kappa shape index (κ1) is 24.6. The molecular formula is C20H28F3N5O3. The van der Waals surface area contributed by atoms with E-state index in [0.717, 1.165) is 18.4 Å². The molecule has 1 aliphatic carbocycles. The Hall–Kier alpha value is -2.69. The van der Waals surface area contributed by atoms with Crippen LogP contribution in [0, 0.1) is 11.8 Å². The largest absolute Gasteiger partial charge is 0.490 e. The Morgan fingerprint density at radius 1 is 1.16 bits per heavy atom. The molecule has 2 atom stereocenters. The lowest BCUT2D eigenvalue weighted by Crippen LogP contribution is -2.54. The summed E-state index contributed by atoms with van der Waals surface area (Å²) in [7, 11) is 0. The lowest BCUT2D eigenvalue weighted by molar-refractivity contribution is -0.192. The fraction of sp³-hybridized carbons (Fsp3) is 0.600. The summed E-state index contributed by atoms with van der Waals surface area (Å²) in [4.78, 5) is 21.7. The molecule has 0 bridgehead atoms. The van der Waals surface area contributed by atoms with Gasteiger partial charge in [-0.3, -0.25) is 4.79 Å². The third-order valence-corrected chi connectivity index (χ3v) is 5.46. The minimum atomic E-state index is -5.08. The summed E-state index contributed by atoms with van der Waals surface area (Å²) >= 11 is 0. The first-order chi connectivity index (χ1) is 14.5. The van der Waals surface area contributed by atoms with Gasteiger partial charge in [0, 0.05) is 17.6 Å². The number of aromatic amines is 1. The van der Waals surface area contributed by atoms with E-state index in [1.807, 2.05) is 6.07 Å². The number of carbonyl (C=O) groups excluding carboxylic acids is 1. The summed E-state index contributed by atoms with van der Waals surface area (Å²) in [5.74, 6) is -2.04. The second-order valence-electron chi connectivity index (χ2n) is 8.05. The number of carboxylic acid groups (broad SMARTS) is 1. The predicted octanol–water partition coefficient (Wildman–Crippen LogP) is 3.25. The zero-order valence-corrected chi connectivity index (χ0v) is 17.4. The van der Waals surface area contributed by atoms with Crippen LogP contribution in [0.5, 0.6) is 0 Å². The third-order valence-electron chi connectivity index (χ3n) is 5.46. The fourth-order valence-electron chi connectivity index (χ4n) is 3.65. The van der Waals surface area contributed by atoms with E-state index < -0.39 is 12.1 Å². The summed E-state index contributed by atoms with van der Waals surface area (Å²) in [6.45, 7) is 4.24. The van der Waals surface area contributed by atoms with Crippen LogP contribution in [0.3, 0.4) is 0 Å². The topological polar surface area (TPSA) is 134 Å². The molecule has 1 saturated carbocycles. The number of benzene rings is 1. The first-order valence-corrected chi connectivity index (χ1v) is 10.2. The molecule has 5 N–H and O–H groups in total. The predicted molar refractivity (Wildman–Crippen MR) is 108 cm³/mol. The van der Waals surface area contributed by atoms with E-state index in [2.05, 4.69) is 34.6 Å². The van der Waals surface area contributed by atoms with Crippen LogP contribution in [0.15, 0.2) is 18.2 Å². The number of nitrogens with zero attached hydrogens (tertiary/aromatic N) is 2. The lowest BCUT2D eigenvalue weighted by Gasteiger charge is -2.36. The zero-order chi connectivity index (χ0) is 23.2. The highest BCUT2D eigenvalue weighted by molar-refractivity contribution is 5.97. The van der Waals surface area contributed by atoms with Crippen molar-refractivity contribution in [3.8, 4) is 0 Å². The highest BCUT2D eigenvalue weighted by Crippen LogP contribution is 2.29. The molecule has 1 amide bonds. The minimum Gasteiger partial charge on any atom is -0.475 e. The van der Waals surface area contributed by atoms with E-state index in [9.17, 15) is 18.0 Å². The molecule has 0 spiro atoms. The van der Waals surface area contributed by atoms with E-state index in [-0.39, 0.29) is 18.0 Å². The van der Waals surface area contributed by atoms with Gasteiger partial charge in [-0.05, 0) is 42.9 Å². The quantitative estimate of drug-likeness (QED) is 0.560. The number of aliphatic carboxylic acids is 1. The maximum Gasteiger partial charge on any atom is 0.490 e. The van der Waals surface area contributed by atoms with Gasteiger partial charge in [0.1, 0.15) is 11.0 Å². The Balaban J connectivity index is 0.000000423. The molecule has 1 fully saturated rings. The molecular weight excluding hydrogens is 415 g/mol. The minimum absolute atomic E-state index is 0.0193. The number of nitrogens with two attached hydrogens (primary N) is 1. The summed E-state index contributed by atoms with van der Waals surface area (Å²) in [5, 5.41) is 21.0. The molecule has 1 aromatic carbocycles. The molecule has 2 aromatic rings. The van der Waals surface area contributed by atoms with Crippen molar-refractivity contribution in [3.63, 3.8) is 0 Å². The van der Waals surface area contributed by atoms with Crippen molar-refractivity contribution >= 4 is 22.9 Å². The van der Waals surface area contributed by atoms with Gasteiger partial charge >= 0.3 is 12.1 Å².